The Morgan fingerprint density at radius 2 is 1.29 bits per heavy atom. The molecular weight excluding hydrogens is 366 g/mol. The number of nitrogens with one attached hydrogen (secondary N) is 3. The second kappa shape index (κ2) is 9.53. The van der Waals surface area contributed by atoms with Crippen LogP contribution in [0.3, 0.4) is 0 Å². The fraction of sp³-hybridized carbons (Fsp3) is 0.217. The first-order chi connectivity index (χ1) is 13.6. The lowest BCUT2D eigenvalue weighted by molar-refractivity contribution is 0.134. The molecule has 2 unspecified atom stereocenters. The summed E-state index contributed by atoms with van der Waals surface area (Å²) in [6.45, 7) is 2.05. The minimum Gasteiger partial charge on any atom is -0.370 e. The molecule has 0 aromatic heterocycles. The Morgan fingerprint density at radius 1 is 0.786 bits per heavy atom. The maximum absolute atomic E-state index is 11.2. The second-order valence-corrected chi connectivity index (χ2v) is 7.46. The van der Waals surface area contributed by atoms with Crippen LogP contribution in [0.4, 0.5) is 17.1 Å². The monoisotopic (exact) mass is 393 g/mol. The normalized spacial score (nSPS) is 14.0. The molecule has 0 amide bonds. The largest absolute Gasteiger partial charge is 0.370 e. The van der Waals surface area contributed by atoms with Crippen molar-refractivity contribution in [3.8, 4) is 0 Å². The number of aliphatic hydroxyl groups excluding tert-OH is 1. The van der Waals surface area contributed by atoms with Crippen LogP contribution in [-0.4, -0.2) is 23.3 Å². The Kier molecular flexibility index (Phi) is 6.85. The predicted octanol–water partition coefficient (Wildman–Crippen LogP) is 5.47. The van der Waals surface area contributed by atoms with E-state index in [2.05, 4.69) is 41.3 Å². The van der Waals surface area contributed by atoms with Crippen LogP contribution in [0.2, 0.25) is 0 Å². The van der Waals surface area contributed by atoms with E-state index in [1.807, 2.05) is 72.8 Å². The van der Waals surface area contributed by atoms with E-state index in [1.165, 1.54) is 4.90 Å². The minimum atomic E-state index is -0.875. The van der Waals surface area contributed by atoms with Gasteiger partial charge in [0.05, 0.1) is 0 Å². The highest BCUT2D eigenvalue weighted by Crippen LogP contribution is 2.27. The highest BCUT2D eigenvalue weighted by atomic mass is 32.2. The van der Waals surface area contributed by atoms with Crippen LogP contribution < -0.4 is 16.0 Å². The third kappa shape index (κ3) is 5.00. The van der Waals surface area contributed by atoms with Crippen LogP contribution >= 0.6 is 11.8 Å². The number of aliphatic hydroxyl groups is 1. The van der Waals surface area contributed by atoms with Gasteiger partial charge < -0.3 is 21.1 Å². The molecular formula is C23H27N3OS. The Morgan fingerprint density at radius 3 is 1.79 bits per heavy atom. The van der Waals surface area contributed by atoms with Crippen LogP contribution in [0, 0.1) is 0 Å². The van der Waals surface area contributed by atoms with Crippen LogP contribution in [0.1, 0.15) is 13.3 Å². The topological polar surface area (TPSA) is 56.3 Å². The lowest BCUT2D eigenvalue weighted by atomic mass is 10.0. The quantitative estimate of drug-likeness (QED) is 0.287. The average Bonchev–Trinajstić information content (AvgIpc) is 2.75. The van der Waals surface area contributed by atoms with Crippen molar-refractivity contribution in [2.24, 2.45) is 0 Å². The molecule has 2 atom stereocenters. The van der Waals surface area contributed by atoms with Gasteiger partial charge in [-0.05, 0) is 61.2 Å². The Bertz CT molecular complexity index is 843. The van der Waals surface area contributed by atoms with Crippen LogP contribution in [0.5, 0.6) is 0 Å². The van der Waals surface area contributed by atoms with Gasteiger partial charge in [0.15, 0.2) is 11.9 Å². The van der Waals surface area contributed by atoms with Crippen LogP contribution in [-0.2, 0) is 0 Å². The van der Waals surface area contributed by atoms with Crippen molar-refractivity contribution >= 4 is 28.8 Å². The molecule has 0 fully saturated rings. The van der Waals surface area contributed by atoms with E-state index < -0.39 is 11.9 Å². The molecule has 0 bridgehead atoms. The molecule has 5 heteroatoms. The molecule has 0 saturated heterocycles. The van der Waals surface area contributed by atoms with Gasteiger partial charge in [-0.1, -0.05) is 43.3 Å². The zero-order valence-corrected chi connectivity index (χ0v) is 17.0. The van der Waals surface area contributed by atoms with Gasteiger partial charge in [-0.3, -0.25) is 0 Å². The van der Waals surface area contributed by atoms with Gasteiger partial charge in [0.1, 0.15) is 0 Å². The summed E-state index contributed by atoms with van der Waals surface area (Å²) in [5, 5.41) is 21.5. The Labute approximate surface area is 171 Å². The maximum atomic E-state index is 11.2. The van der Waals surface area contributed by atoms with Crippen molar-refractivity contribution in [1.29, 1.82) is 0 Å². The molecule has 0 aliphatic heterocycles. The molecule has 3 aromatic rings. The smallest absolute Gasteiger partial charge is 0.166 e. The van der Waals surface area contributed by atoms with Gasteiger partial charge in [-0.15, -0.1) is 11.8 Å². The molecule has 0 heterocycles. The number of hydrogen-bond donors (Lipinski definition) is 4. The molecule has 4 N–H and O–H groups in total. The summed E-state index contributed by atoms with van der Waals surface area (Å²) in [5.41, 5.74) is 1.93. The summed E-state index contributed by atoms with van der Waals surface area (Å²) < 4.78 is 0. The summed E-state index contributed by atoms with van der Waals surface area (Å²) in [6.07, 6.45) is 1.83. The molecule has 3 aromatic carbocycles. The van der Waals surface area contributed by atoms with Crippen LogP contribution in [0.15, 0.2) is 89.8 Å². The number of hydrogen-bond acceptors (Lipinski definition) is 5. The minimum absolute atomic E-state index is 0.646. The van der Waals surface area contributed by atoms with Crippen molar-refractivity contribution in [2.75, 3.05) is 22.2 Å². The molecule has 0 spiro atoms. The molecule has 0 radical (unpaired) electrons. The number of benzene rings is 3. The maximum Gasteiger partial charge on any atom is 0.166 e. The van der Waals surface area contributed by atoms with Crippen molar-refractivity contribution in [1.82, 2.24) is 0 Å². The standard InChI is InChI=1S/C23H27N3OS/c1-3-23(25-19-12-8-5-9-13-19,22(27)24-18-10-6-4-7-11-18)26-20-14-16-21(28-2)17-15-20/h4-17,22,24-27H,3H2,1-2H3. The lowest BCUT2D eigenvalue weighted by Gasteiger charge is -2.41. The third-order valence-corrected chi connectivity index (χ3v) is 5.44. The highest BCUT2D eigenvalue weighted by molar-refractivity contribution is 7.98. The zero-order chi connectivity index (χ0) is 19.8. The van der Waals surface area contributed by atoms with E-state index in [9.17, 15) is 5.11 Å². The van der Waals surface area contributed by atoms with Crippen molar-refractivity contribution in [3.63, 3.8) is 0 Å². The summed E-state index contributed by atoms with van der Waals surface area (Å²) in [6, 6.07) is 27.9. The fourth-order valence-corrected chi connectivity index (χ4v) is 3.47. The Hall–Kier alpha value is -2.63. The van der Waals surface area contributed by atoms with Gasteiger partial charge in [-0.2, -0.15) is 0 Å². The molecule has 28 heavy (non-hydrogen) atoms. The first-order valence-corrected chi connectivity index (χ1v) is 10.6. The van der Waals surface area contributed by atoms with E-state index in [-0.39, 0.29) is 0 Å². The highest BCUT2D eigenvalue weighted by Gasteiger charge is 2.36. The molecule has 3 rings (SSSR count). The molecule has 0 aliphatic rings. The first-order valence-electron chi connectivity index (χ1n) is 9.40. The summed E-state index contributed by atoms with van der Waals surface area (Å²) >= 11 is 1.71. The van der Waals surface area contributed by atoms with E-state index in [4.69, 9.17) is 0 Å². The second-order valence-electron chi connectivity index (χ2n) is 6.58. The van der Waals surface area contributed by atoms with Crippen molar-refractivity contribution < 1.29 is 5.11 Å². The number of rotatable bonds is 9. The van der Waals surface area contributed by atoms with Crippen molar-refractivity contribution in [3.05, 3.63) is 84.9 Å². The van der Waals surface area contributed by atoms with Crippen molar-refractivity contribution in [2.45, 2.75) is 30.1 Å². The van der Waals surface area contributed by atoms with E-state index in [1.54, 1.807) is 11.8 Å². The fourth-order valence-electron chi connectivity index (χ4n) is 3.06. The van der Waals surface area contributed by atoms with Gasteiger partial charge in [0.2, 0.25) is 0 Å². The molecule has 0 aliphatic carbocycles. The zero-order valence-electron chi connectivity index (χ0n) is 16.2. The number of thioether (sulfide) groups is 1. The average molecular weight is 394 g/mol. The van der Waals surface area contributed by atoms with Gasteiger partial charge in [-0.25, -0.2) is 0 Å². The van der Waals surface area contributed by atoms with Crippen LogP contribution in [0.25, 0.3) is 0 Å². The van der Waals surface area contributed by atoms with E-state index in [0.717, 1.165) is 17.1 Å². The number of para-hydroxylation sites is 2. The molecule has 0 saturated carbocycles. The molecule has 146 valence electrons. The first kappa shape index (κ1) is 20.1. The van der Waals surface area contributed by atoms with Gasteiger partial charge >= 0.3 is 0 Å². The molecule has 4 nitrogen and oxygen atoms in total. The van der Waals surface area contributed by atoms with Gasteiger partial charge in [0, 0.05) is 22.0 Å². The third-order valence-electron chi connectivity index (χ3n) is 4.70. The summed E-state index contributed by atoms with van der Waals surface area (Å²) in [5.74, 6) is 0. The Balaban J connectivity index is 1.90. The van der Waals surface area contributed by atoms with Gasteiger partial charge in [0.25, 0.3) is 0 Å². The summed E-state index contributed by atoms with van der Waals surface area (Å²) in [7, 11) is 0. The lowest BCUT2D eigenvalue weighted by Crippen LogP contribution is -2.58. The van der Waals surface area contributed by atoms with E-state index in [0.29, 0.717) is 6.42 Å². The predicted molar refractivity (Wildman–Crippen MR) is 121 cm³/mol. The number of anilines is 3. The SMILES string of the molecule is CCC(Nc1ccccc1)(Nc1ccc(SC)cc1)C(O)Nc1ccccc1. The summed E-state index contributed by atoms with van der Waals surface area (Å²) in [4.78, 5) is 1.20. The van der Waals surface area contributed by atoms with E-state index >= 15 is 0 Å².